The molecule has 0 saturated carbocycles. The summed E-state index contributed by atoms with van der Waals surface area (Å²) in [5, 5.41) is 21.3. The summed E-state index contributed by atoms with van der Waals surface area (Å²) in [4.78, 5) is 60.1. The summed E-state index contributed by atoms with van der Waals surface area (Å²) < 4.78 is 32.0. The average Bonchev–Trinajstić information content (AvgIpc) is 3.33. The monoisotopic (exact) mass is 617 g/mol. The van der Waals surface area contributed by atoms with Gasteiger partial charge in [-0.2, -0.15) is 0 Å². The first kappa shape index (κ1) is 29.7. The standard InChI is InChI=1S/C26H23N3O13S/c30-22-20(9-10-39-26(32)40-11-15-1-3-16(4-2-15)28(33)34)23-27(22)21(25(43-23)42-19-12-37-14-38-13-19)24(31)41-18-7-5-17(6-8-18)29(35)36/h1-8,19-20,23H,9-14H2/t20-,23-/m1/s1. The summed E-state index contributed by atoms with van der Waals surface area (Å²) in [7, 11) is 0. The highest BCUT2D eigenvalue weighted by Crippen LogP contribution is 2.51. The molecule has 2 aromatic carbocycles. The van der Waals surface area contributed by atoms with Crippen molar-refractivity contribution in [1.29, 1.82) is 0 Å². The number of nitrogens with zero attached hydrogens (tertiary/aromatic N) is 3. The normalized spacial score (nSPS) is 19.7. The van der Waals surface area contributed by atoms with Crippen LogP contribution in [0, 0.1) is 26.1 Å². The van der Waals surface area contributed by atoms with E-state index in [1.807, 2.05) is 0 Å². The van der Waals surface area contributed by atoms with Gasteiger partial charge < -0.3 is 28.4 Å². The minimum absolute atomic E-state index is 0.0328. The Labute approximate surface area is 246 Å². The van der Waals surface area contributed by atoms with E-state index in [1.165, 1.54) is 53.4 Å². The molecule has 226 valence electrons. The lowest BCUT2D eigenvalue weighted by atomic mass is 9.94. The van der Waals surface area contributed by atoms with Crippen molar-refractivity contribution in [2.75, 3.05) is 26.6 Å². The summed E-state index contributed by atoms with van der Waals surface area (Å²) in [6.45, 7) is 0.195. The van der Waals surface area contributed by atoms with E-state index in [0.717, 1.165) is 11.8 Å². The minimum Gasteiger partial charge on any atom is -0.477 e. The first-order chi connectivity index (χ1) is 20.7. The third kappa shape index (κ3) is 6.85. The van der Waals surface area contributed by atoms with Gasteiger partial charge in [0.2, 0.25) is 5.91 Å². The molecule has 16 nitrogen and oxygen atoms in total. The van der Waals surface area contributed by atoms with Crippen LogP contribution in [-0.2, 0) is 39.9 Å². The minimum atomic E-state index is -0.979. The van der Waals surface area contributed by atoms with Crippen LogP contribution in [0.1, 0.15) is 12.0 Å². The third-order valence-corrected chi connectivity index (χ3v) is 7.75. The Hall–Kier alpha value is -4.74. The van der Waals surface area contributed by atoms with Crippen molar-refractivity contribution in [2.24, 2.45) is 5.92 Å². The molecule has 2 atom stereocenters. The summed E-state index contributed by atoms with van der Waals surface area (Å²) >= 11 is 1.13. The molecular formula is C26H23N3O13S. The lowest BCUT2D eigenvalue weighted by Crippen LogP contribution is -2.57. The number of thioether (sulfide) groups is 1. The first-order valence-electron chi connectivity index (χ1n) is 12.8. The molecule has 5 rings (SSSR count). The lowest BCUT2D eigenvalue weighted by Gasteiger charge is -2.41. The molecule has 0 spiro atoms. The number of β-lactam (4-membered cyclic amide) rings is 1. The molecule has 1 amide bonds. The van der Waals surface area contributed by atoms with Crippen molar-refractivity contribution >= 4 is 41.2 Å². The molecule has 3 aliphatic heterocycles. The highest BCUT2D eigenvalue weighted by molar-refractivity contribution is 8.03. The van der Waals surface area contributed by atoms with Crippen molar-refractivity contribution < 1.29 is 52.7 Å². The van der Waals surface area contributed by atoms with Gasteiger partial charge in [0.15, 0.2) is 10.8 Å². The molecule has 0 bridgehead atoms. The Morgan fingerprint density at radius 2 is 1.58 bits per heavy atom. The van der Waals surface area contributed by atoms with Gasteiger partial charge in [0.1, 0.15) is 30.6 Å². The molecule has 0 N–H and O–H groups in total. The predicted octanol–water partition coefficient (Wildman–Crippen LogP) is 3.24. The molecule has 3 heterocycles. The number of non-ortho nitro benzene ring substituents is 2. The predicted molar refractivity (Wildman–Crippen MR) is 143 cm³/mol. The van der Waals surface area contributed by atoms with Gasteiger partial charge in [-0.05, 0) is 36.2 Å². The summed E-state index contributed by atoms with van der Waals surface area (Å²) in [6, 6.07) is 10.4. The number of hydrogen-bond acceptors (Lipinski definition) is 14. The average molecular weight is 618 g/mol. The third-order valence-electron chi connectivity index (χ3n) is 6.47. The maximum atomic E-state index is 13.2. The quantitative estimate of drug-likeness (QED) is 0.117. The molecule has 2 fully saturated rings. The largest absolute Gasteiger partial charge is 0.508 e. The van der Waals surface area contributed by atoms with Crippen LogP contribution in [0.5, 0.6) is 5.75 Å². The number of esters is 1. The highest BCUT2D eigenvalue weighted by atomic mass is 32.2. The van der Waals surface area contributed by atoms with Crippen LogP contribution >= 0.6 is 11.8 Å². The molecule has 2 aromatic rings. The maximum Gasteiger partial charge on any atom is 0.508 e. The number of benzene rings is 2. The Kier molecular flexibility index (Phi) is 9.03. The second-order valence-corrected chi connectivity index (χ2v) is 10.4. The van der Waals surface area contributed by atoms with Crippen molar-refractivity contribution in [3.05, 3.63) is 85.1 Å². The summed E-state index contributed by atoms with van der Waals surface area (Å²) in [5.41, 5.74) is 0.121. The zero-order valence-corrected chi connectivity index (χ0v) is 23.0. The Morgan fingerprint density at radius 3 is 2.21 bits per heavy atom. The second kappa shape index (κ2) is 13.1. The van der Waals surface area contributed by atoms with Crippen LogP contribution in [0.25, 0.3) is 0 Å². The van der Waals surface area contributed by atoms with Crippen LogP contribution in [0.3, 0.4) is 0 Å². The molecule has 17 heteroatoms. The Bertz CT molecular complexity index is 1440. The smallest absolute Gasteiger partial charge is 0.477 e. The van der Waals surface area contributed by atoms with Gasteiger partial charge in [0.25, 0.3) is 11.4 Å². The van der Waals surface area contributed by atoms with Gasteiger partial charge in [0, 0.05) is 24.3 Å². The number of ether oxygens (including phenoxy) is 6. The first-order valence-corrected chi connectivity index (χ1v) is 13.6. The van der Waals surface area contributed by atoms with E-state index in [2.05, 4.69) is 0 Å². The number of hydrogen-bond donors (Lipinski definition) is 0. The molecule has 43 heavy (non-hydrogen) atoms. The zero-order valence-electron chi connectivity index (χ0n) is 22.2. The van der Waals surface area contributed by atoms with Crippen molar-refractivity contribution in [3.8, 4) is 5.75 Å². The maximum absolute atomic E-state index is 13.2. The molecular weight excluding hydrogens is 594 g/mol. The SMILES string of the molecule is O=C(OCC[C@@H]1C(=O)N2C(C(=O)Oc3ccc([N+](=O)[O-])cc3)=C(OC3COCOC3)S[C@H]12)OCc1ccc([N+](=O)[O-])cc1. The molecule has 0 aliphatic carbocycles. The molecule has 2 saturated heterocycles. The second-order valence-electron chi connectivity index (χ2n) is 9.30. The molecule has 3 aliphatic rings. The van der Waals surface area contributed by atoms with E-state index in [4.69, 9.17) is 28.4 Å². The number of rotatable bonds is 11. The Balaban J connectivity index is 1.17. The van der Waals surface area contributed by atoms with E-state index < -0.39 is 45.3 Å². The summed E-state index contributed by atoms with van der Waals surface area (Å²) in [5.74, 6) is -1.89. The van der Waals surface area contributed by atoms with Gasteiger partial charge in [0.05, 0.1) is 35.6 Å². The highest BCUT2D eigenvalue weighted by Gasteiger charge is 2.57. The van der Waals surface area contributed by atoms with Crippen molar-refractivity contribution in [3.63, 3.8) is 0 Å². The fourth-order valence-electron chi connectivity index (χ4n) is 4.34. The van der Waals surface area contributed by atoms with E-state index in [-0.39, 0.29) is 67.6 Å². The van der Waals surface area contributed by atoms with E-state index >= 15 is 0 Å². The number of nitro groups is 2. The van der Waals surface area contributed by atoms with Gasteiger partial charge in [-0.15, -0.1) is 0 Å². The van der Waals surface area contributed by atoms with Crippen molar-refractivity contribution in [2.45, 2.75) is 24.5 Å². The molecule has 0 unspecified atom stereocenters. The van der Waals surface area contributed by atoms with Crippen LogP contribution in [-0.4, -0.2) is 70.9 Å². The molecule has 0 aromatic heterocycles. The van der Waals surface area contributed by atoms with Gasteiger partial charge in [-0.1, -0.05) is 11.8 Å². The Morgan fingerprint density at radius 1 is 0.953 bits per heavy atom. The van der Waals surface area contributed by atoms with E-state index in [0.29, 0.717) is 5.56 Å². The van der Waals surface area contributed by atoms with Crippen LogP contribution in [0.15, 0.2) is 59.3 Å². The van der Waals surface area contributed by atoms with Gasteiger partial charge >= 0.3 is 12.1 Å². The number of nitro benzene ring substituents is 2. The lowest BCUT2D eigenvalue weighted by molar-refractivity contribution is -0.385. The van der Waals surface area contributed by atoms with Gasteiger partial charge in [-0.3, -0.25) is 29.9 Å². The van der Waals surface area contributed by atoms with E-state index in [1.54, 1.807) is 0 Å². The van der Waals surface area contributed by atoms with Crippen molar-refractivity contribution in [1.82, 2.24) is 4.90 Å². The summed E-state index contributed by atoms with van der Waals surface area (Å²) in [6.07, 6.45) is -1.39. The van der Waals surface area contributed by atoms with E-state index in [9.17, 15) is 34.6 Å². The number of carbonyl (C=O) groups is 3. The fourth-order valence-corrected chi connectivity index (χ4v) is 5.77. The topological polar surface area (TPSA) is 196 Å². The van der Waals surface area contributed by atoms with Crippen LogP contribution < -0.4 is 4.74 Å². The number of carbonyl (C=O) groups excluding carboxylic acids is 3. The number of fused-ring (bicyclic) bond motifs is 1. The fraction of sp³-hybridized carbons (Fsp3) is 0.346. The number of amides is 1. The zero-order chi connectivity index (χ0) is 30.5. The van der Waals surface area contributed by atoms with Crippen LogP contribution in [0.2, 0.25) is 0 Å². The van der Waals surface area contributed by atoms with Gasteiger partial charge in [-0.25, -0.2) is 9.59 Å². The molecule has 0 radical (unpaired) electrons. The van der Waals surface area contributed by atoms with Crippen LogP contribution in [0.4, 0.5) is 16.2 Å².